The quantitative estimate of drug-likeness (QED) is 0.708. The molecular formula is C17H14O3. The van der Waals surface area contributed by atoms with Crippen molar-refractivity contribution in [1.29, 1.82) is 0 Å². The average Bonchev–Trinajstić information content (AvgIpc) is 2.49. The van der Waals surface area contributed by atoms with Gasteiger partial charge in [0, 0.05) is 5.56 Å². The van der Waals surface area contributed by atoms with Crippen LogP contribution in [0.25, 0.3) is 22.3 Å². The topological polar surface area (TPSA) is 39.4 Å². The number of ether oxygens (including phenoxy) is 1. The Bertz CT molecular complexity index is 817. The van der Waals surface area contributed by atoms with E-state index < -0.39 is 0 Å². The SMILES string of the molecule is COc1c(-c2ccccc2)oc2c(C)cccc2c1=O. The summed E-state index contributed by atoms with van der Waals surface area (Å²) in [5.74, 6) is 0.717. The molecule has 3 nitrogen and oxygen atoms in total. The second kappa shape index (κ2) is 4.85. The molecule has 0 amide bonds. The fourth-order valence-electron chi connectivity index (χ4n) is 2.31. The van der Waals surface area contributed by atoms with Gasteiger partial charge in [-0.15, -0.1) is 0 Å². The van der Waals surface area contributed by atoms with Gasteiger partial charge in [-0.3, -0.25) is 4.79 Å². The molecule has 3 rings (SSSR count). The summed E-state index contributed by atoms with van der Waals surface area (Å²) in [6.45, 7) is 1.92. The van der Waals surface area contributed by atoms with E-state index in [4.69, 9.17) is 9.15 Å². The predicted molar refractivity (Wildman–Crippen MR) is 79.2 cm³/mol. The molecule has 0 aliphatic rings. The molecule has 0 bridgehead atoms. The number of para-hydroxylation sites is 1. The summed E-state index contributed by atoms with van der Waals surface area (Å²) in [6.07, 6.45) is 0. The van der Waals surface area contributed by atoms with Crippen LogP contribution in [0.1, 0.15) is 5.56 Å². The van der Waals surface area contributed by atoms with Crippen molar-refractivity contribution in [3.63, 3.8) is 0 Å². The van der Waals surface area contributed by atoms with Gasteiger partial charge in [0.15, 0.2) is 5.76 Å². The highest BCUT2D eigenvalue weighted by Crippen LogP contribution is 2.31. The summed E-state index contributed by atoms with van der Waals surface area (Å²) in [6, 6.07) is 15.0. The molecule has 0 saturated carbocycles. The van der Waals surface area contributed by atoms with Gasteiger partial charge in [-0.1, -0.05) is 42.5 Å². The zero-order valence-electron chi connectivity index (χ0n) is 11.3. The minimum Gasteiger partial charge on any atom is -0.490 e. The van der Waals surface area contributed by atoms with Crippen molar-refractivity contribution in [3.8, 4) is 17.1 Å². The Labute approximate surface area is 116 Å². The van der Waals surface area contributed by atoms with Crippen molar-refractivity contribution >= 4 is 11.0 Å². The highest BCUT2D eigenvalue weighted by atomic mass is 16.5. The molecular weight excluding hydrogens is 252 g/mol. The molecule has 0 fully saturated rings. The molecule has 100 valence electrons. The lowest BCUT2D eigenvalue weighted by Gasteiger charge is -2.10. The van der Waals surface area contributed by atoms with Crippen LogP contribution >= 0.6 is 0 Å². The maximum Gasteiger partial charge on any atom is 0.235 e. The lowest BCUT2D eigenvalue weighted by Crippen LogP contribution is -2.08. The molecule has 3 heteroatoms. The van der Waals surface area contributed by atoms with Crippen molar-refractivity contribution in [1.82, 2.24) is 0 Å². The molecule has 0 spiro atoms. The fraction of sp³-hybridized carbons (Fsp3) is 0.118. The van der Waals surface area contributed by atoms with E-state index in [9.17, 15) is 4.79 Å². The lowest BCUT2D eigenvalue weighted by atomic mass is 10.1. The first-order valence-corrected chi connectivity index (χ1v) is 6.38. The van der Waals surface area contributed by atoms with Crippen LogP contribution in [0.5, 0.6) is 5.75 Å². The van der Waals surface area contributed by atoms with Gasteiger partial charge in [0.05, 0.1) is 12.5 Å². The molecule has 0 saturated heterocycles. The zero-order valence-corrected chi connectivity index (χ0v) is 11.3. The smallest absolute Gasteiger partial charge is 0.235 e. The number of benzene rings is 2. The van der Waals surface area contributed by atoms with E-state index >= 15 is 0 Å². The Morgan fingerprint density at radius 3 is 2.45 bits per heavy atom. The predicted octanol–water partition coefficient (Wildman–Crippen LogP) is 3.78. The Morgan fingerprint density at radius 1 is 1.00 bits per heavy atom. The molecule has 0 N–H and O–H groups in total. The van der Waals surface area contributed by atoms with Crippen LogP contribution in [-0.2, 0) is 0 Å². The van der Waals surface area contributed by atoms with Gasteiger partial charge >= 0.3 is 0 Å². The summed E-state index contributed by atoms with van der Waals surface area (Å²) in [5.41, 5.74) is 2.22. The summed E-state index contributed by atoms with van der Waals surface area (Å²) >= 11 is 0. The number of methoxy groups -OCH3 is 1. The van der Waals surface area contributed by atoms with Crippen molar-refractivity contribution in [2.45, 2.75) is 6.92 Å². The Hall–Kier alpha value is -2.55. The van der Waals surface area contributed by atoms with Crippen LogP contribution in [0.2, 0.25) is 0 Å². The first-order chi connectivity index (χ1) is 9.72. The normalized spacial score (nSPS) is 10.7. The van der Waals surface area contributed by atoms with Crippen molar-refractivity contribution in [2.75, 3.05) is 7.11 Å². The average molecular weight is 266 g/mol. The minimum absolute atomic E-state index is 0.142. The second-order valence-electron chi connectivity index (χ2n) is 4.61. The van der Waals surface area contributed by atoms with E-state index in [-0.39, 0.29) is 11.2 Å². The molecule has 0 atom stereocenters. The van der Waals surface area contributed by atoms with Crippen molar-refractivity contribution in [2.24, 2.45) is 0 Å². The van der Waals surface area contributed by atoms with Gasteiger partial charge in [-0.25, -0.2) is 0 Å². The highest BCUT2D eigenvalue weighted by molar-refractivity contribution is 5.84. The molecule has 3 aromatic rings. The maximum absolute atomic E-state index is 12.5. The summed E-state index contributed by atoms with van der Waals surface area (Å²) in [4.78, 5) is 12.5. The zero-order chi connectivity index (χ0) is 14.1. The van der Waals surface area contributed by atoms with Crippen LogP contribution in [0.3, 0.4) is 0 Å². The first-order valence-electron chi connectivity index (χ1n) is 6.38. The Kier molecular flexibility index (Phi) is 3.03. The monoisotopic (exact) mass is 266 g/mol. The number of hydrogen-bond donors (Lipinski definition) is 0. The van der Waals surface area contributed by atoms with E-state index in [1.807, 2.05) is 49.4 Å². The summed E-state index contributed by atoms with van der Waals surface area (Å²) < 4.78 is 11.2. The molecule has 1 aromatic heterocycles. The van der Waals surface area contributed by atoms with Gasteiger partial charge < -0.3 is 9.15 Å². The highest BCUT2D eigenvalue weighted by Gasteiger charge is 2.17. The van der Waals surface area contributed by atoms with Gasteiger partial charge in [0.2, 0.25) is 11.2 Å². The Morgan fingerprint density at radius 2 is 1.75 bits per heavy atom. The molecule has 0 unspecified atom stereocenters. The van der Waals surface area contributed by atoms with Crippen LogP contribution in [0, 0.1) is 6.92 Å². The van der Waals surface area contributed by atoms with E-state index in [1.54, 1.807) is 6.07 Å². The van der Waals surface area contributed by atoms with Crippen LogP contribution in [0.15, 0.2) is 57.7 Å². The van der Waals surface area contributed by atoms with Crippen molar-refractivity contribution in [3.05, 3.63) is 64.3 Å². The van der Waals surface area contributed by atoms with Gasteiger partial charge in [0.25, 0.3) is 0 Å². The minimum atomic E-state index is -0.142. The summed E-state index contributed by atoms with van der Waals surface area (Å²) in [7, 11) is 1.49. The summed E-state index contributed by atoms with van der Waals surface area (Å²) in [5, 5.41) is 0.543. The third-order valence-electron chi connectivity index (χ3n) is 3.31. The number of fused-ring (bicyclic) bond motifs is 1. The fourth-order valence-corrected chi connectivity index (χ4v) is 2.31. The van der Waals surface area contributed by atoms with Gasteiger partial charge in [0.1, 0.15) is 5.58 Å². The first kappa shape index (κ1) is 12.5. The number of aryl methyl sites for hydroxylation is 1. The molecule has 0 radical (unpaired) electrons. The largest absolute Gasteiger partial charge is 0.490 e. The van der Waals surface area contributed by atoms with E-state index in [1.165, 1.54) is 7.11 Å². The standard InChI is InChI=1S/C17H14O3/c1-11-7-6-10-13-14(18)17(19-2)16(20-15(11)13)12-8-4-3-5-9-12/h3-10H,1-2H3. The van der Waals surface area contributed by atoms with Crippen molar-refractivity contribution < 1.29 is 9.15 Å². The van der Waals surface area contributed by atoms with E-state index in [2.05, 4.69) is 0 Å². The van der Waals surface area contributed by atoms with Crippen LogP contribution < -0.4 is 10.2 Å². The van der Waals surface area contributed by atoms with Crippen LogP contribution in [-0.4, -0.2) is 7.11 Å². The number of hydrogen-bond acceptors (Lipinski definition) is 3. The molecule has 20 heavy (non-hydrogen) atoms. The van der Waals surface area contributed by atoms with E-state index in [0.29, 0.717) is 16.7 Å². The van der Waals surface area contributed by atoms with Crippen LogP contribution in [0.4, 0.5) is 0 Å². The van der Waals surface area contributed by atoms with Gasteiger partial charge in [-0.05, 0) is 18.6 Å². The third-order valence-corrected chi connectivity index (χ3v) is 3.31. The lowest BCUT2D eigenvalue weighted by molar-refractivity contribution is 0.398. The number of rotatable bonds is 2. The molecule has 2 aromatic carbocycles. The molecule has 1 heterocycles. The Balaban J connectivity index is 2.43. The molecule has 0 aliphatic carbocycles. The third kappa shape index (κ3) is 1.88. The van der Waals surface area contributed by atoms with Gasteiger partial charge in [-0.2, -0.15) is 0 Å². The van der Waals surface area contributed by atoms with E-state index in [0.717, 1.165) is 11.1 Å². The molecule has 0 aliphatic heterocycles. The maximum atomic E-state index is 12.5. The second-order valence-corrected chi connectivity index (χ2v) is 4.61.